The zero-order valence-corrected chi connectivity index (χ0v) is 18.9. The molecule has 3 fully saturated rings. The van der Waals surface area contributed by atoms with E-state index in [0.717, 1.165) is 30.7 Å². The molecule has 11 heteroatoms. The van der Waals surface area contributed by atoms with Gasteiger partial charge in [-0.1, -0.05) is 12.8 Å². The van der Waals surface area contributed by atoms with E-state index in [4.69, 9.17) is 0 Å². The highest BCUT2D eigenvalue weighted by atomic mass is 32.2. The molecule has 0 aromatic heterocycles. The summed E-state index contributed by atoms with van der Waals surface area (Å²) in [6.07, 6.45) is 4.37. The molecule has 1 saturated carbocycles. The van der Waals surface area contributed by atoms with E-state index >= 15 is 0 Å². The lowest BCUT2D eigenvalue weighted by Gasteiger charge is -2.23. The lowest BCUT2D eigenvalue weighted by Crippen LogP contribution is -2.48. The molecule has 1 atom stereocenters. The first kappa shape index (κ1) is 22.3. The Hall–Kier alpha value is -2.95. The number of carbonyl (C=O) groups is 3. The second-order valence-corrected chi connectivity index (χ2v) is 10.2. The average molecular weight is 462 g/mol. The molecule has 4 amide bonds. The summed E-state index contributed by atoms with van der Waals surface area (Å²) in [5.74, 6) is -0.364. The van der Waals surface area contributed by atoms with Gasteiger partial charge in [-0.2, -0.15) is 8.42 Å². The smallest absolute Gasteiger partial charge is 0.325 e. The number of sulfonamides is 1. The third-order valence-corrected chi connectivity index (χ3v) is 7.72. The highest BCUT2D eigenvalue weighted by Gasteiger charge is 2.54. The van der Waals surface area contributed by atoms with Crippen LogP contribution in [0.2, 0.25) is 0 Å². The summed E-state index contributed by atoms with van der Waals surface area (Å²) in [5.41, 5.74) is -0.523. The van der Waals surface area contributed by atoms with Crippen molar-refractivity contribution in [2.75, 3.05) is 18.9 Å². The molecule has 1 unspecified atom stereocenters. The molecule has 2 saturated heterocycles. The van der Waals surface area contributed by atoms with Crippen LogP contribution >= 0.6 is 0 Å². The fourth-order valence-corrected chi connectivity index (χ4v) is 5.58. The van der Waals surface area contributed by atoms with E-state index < -0.39 is 33.5 Å². The average Bonchev–Trinajstić information content (AvgIpc) is 3.43. The number of hydrogen-bond acceptors (Lipinski definition) is 5. The van der Waals surface area contributed by atoms with E-state index in [1.165, 1.54) is 31.2 Å². The molecular formula is C21H27N5O5S. The quantitative estimate of drug-likeness (QED) is 0.642. The minimum Gasteiger partial charge on any atom is -0.362 e. The second-order valence-electron chi connectivity index (χ2n) is 8.59. The van der Waals surface area contributed by atoms with Gasteiger partial charge in [-0.05, 0) is 50.5 Å². The Bertz CT molecular complexity index is 1080. The second kappa shape index (κ2) is 8.19. The first-order chi connectivity index (χ1) is 15.1. The van der Waals surface area contributed by atoms with Crippen LogP contribution in [-0.4, -0.2) is 67.1 Å². The number of nitrogens with zero attached hydrogens (tertiary/aromatic N) is 3. The van der Waals surface area contributed by atoms with Crippen LogP contribution in [0.1, 0.15) is 45.4 Å². The zero-order chi connectivity index (χ0) is 23.1. The molecule has 1 aromatic carbocycles. The normalized spacial score (nSPS) is 22.6. The van der Waals surface area contributed by atoms with Gasteiger partial charge in [0.15, 0.2) is 0 Å². The first-order valence-corrected chi connectivity index (χ1v) is 12.2. The summed E-state index contributed by atoms with van der Waals surface area (Å²) in [6.45, 7) is 2.27. The predicted molar refractivity (Wildman–Crippen MR) is 118 cm³/mol. The molecule has 32 heavy (non-hydrogen) atoms. The van der Waals surface area contributed by atoms with E-state index in [-0.39, 0.29) is 10.8 Å². The number of likely N-dealkylation sites (tertiary alicyclic amines) is 1. The summed E-state index contributed by atoms with van der Waals surface area (Å²) in [5, 5.41) is 5.41. The van der Waals surface area contributed by atoms with Crippen molar-refractivity contribution in [2.45, 2.75) is 61.9 Å². The molecule has 2 N–H and O–H groups in total. The van der Waals surface area contributed by atoms with E-state index in [2.05, 4.69) is 15.0 Å². The van der Waals surface area contributed by atoms with Gasteiger partial charge in [-0.25, -0.2) is 9.69 Å². The summed E-state index contributed by atoms with van der Waals surface area (Å²) >= 11 is 0. The Morgan fingerprint density at radius 2 is 1.81 bits per heavy atom. The maximum absolute atomic E-state index is 12.8. The lowest BCUT2D eigenvalue weighted by atomic mass is 9.97. The zero-order valence-electron chi connectivity index (χ0n) is 18.1. The number of carbonyl (C=O) groups excluding carboxylic acids is 3. The van der Waals surface area contributed by atoms with Crippen LogP contribution in [0.4, 0.5) is 10.5 Å². The molecule has 2 aliphatic heterocycles. The minimum absolute atomic E-state index is 0.0219. The van der Waals surface area contributed by atoms with E-state index in [1.807, 2.05) is 4.90 Å². The van der Waals surface area contributed by atoms with Crippen molar-refractivity contribution in [3.8, 4) is 0 Å². The number of amides is 4. The standard InChI is InChI=1S/C21H27N5O5S/c1-14(26-19(28)21(23-20(26)29)11-3-4-12-21)18(27)22-15-7-9-16(10-8-15)32(30,31)24-17-6-5-13-25(17)2/h7-10,14H,3-6,11-13H2,1-2H3,(H,22,27)(H,23,29)/b24-17-. The summed E-state index contributed by atoms with van der Waals surface area (Å²) in [7, 11) is -2.04. The monoisotopic (exact) mass is 461 g/mol. The number of hydrogen-bond donors (Lipinski definition) is 2. The molecular weight excluding hydrogens is 434 g/mol. The van der Waals surface area contributed by atoms with Crippen molar-refractivity contribution < 1.29 is 22.8 Å². The number of urea groups is 1. The maximum atomic E-state index is 12.8. The summed E-state index contributed by atoms with van der Waals surface area (Å²) in [6, 6.07) is 4.10. The third-order valence-electron chi connectivity index (χ3n) is 6.40. The number of nitrogens with one attached hydrogen (secondary N) is 2. The van der Waals surface area contributed by atoms with E-state index in [0.29, 0.717) is 30.8 Å². The molecule has 1 aliphatic carbocycles. The first-order valence-electron chi connectivity index (χ1n) is 10.7. The molecule has 3 aliphatic rings. The van der Waals surface area contributed by atoms with Crippen LogP contribution in [0.15, 0.2) is 33.6 Å². The van der Waals surface area contributed by atoms with Crippen LogP contribution < -0.4 is 10.6 Å². The SMILES string of the molecule is CC(C(=O)Nc1ccc(S(=O)(=O)/N=C2/CCCN2C)cc1)N1C(=O)NC2(CCCC2)C1=O. The maximum Gasteiger partial charge on any atom is 0.325 e. The predicted octanol–water partition coefficient (Wildman–Crippen LogP) is 1.69. The molecule has 172 valence electrons. The molecule has 0 radical (unpaired) electrons. The molecule has 1 spiro atoms. The number of imide groups is 1. The third kappa shape index (κ3) is 3.96. The Kier molecular flexibility index (Phi) is 5.70. The Morgan fingerprint density at radius 1 is 1.16 bits per heavy atom. The fourth-order valence-electron chi connectivity index (χ4n) is 4.49. The topological polar surface area (TPSA) is 128 Å². The van der Waals surface area contributed by atoms with Crippen molar-refractivity contribution in [2.24, 2.45) is 4.40 Å². The van der Waals surface area contributed by atoms with Gasteiger partial charge in [-0.3, -0.25) is 9.59 Å². The van der Waals surface area contributed by atoms with Crippen LogP contribution in [0, 0.1) is 0 Å². The Labute approximate surface area is 187 Å². The van der Waals surface area contributed by atoms with E-state index in [9.17, 15) is 22.8 Å². The summed E-state index contributed by atoms with van der Waals surface area (Å²) in [4.78, 5) is 40.8. The van der Waals surface area contributed by atoms with Crippen LogP contribution in [-0.2, 0) is 19.6 Å². The number of benzene rings is 1. The largest absolute Gasteiger partial charge is 0.362 e. The highest BCUT2D eigenvalue weighted by molar-refractivity contribution is 7.90. The van der Waals surface area contributed by atoms with Crippen molar-refractivity contribution >= 4 is 39.4 Å². The van der Waals surface area contributed by atoms with Crippen molar-refractivity contribution in [1.82, 2.24) is 15.1 Å². The van der Waals surface area contributed by atoms with Gasteiger partial charge < -0.3 is 15.5 Å². The molecule has 0 bridgehead atoms. The molecule has 1 aromatic rings. The number of rotatable bonds is 5. The Balaban J connectivity index is 1.44. The van der Waals surface area contributed by atoms with Gasteiger partial charge in [0.2, 0.25) is 5.91 Å². The van der Waals surface area contributed by atoms with Gasteiger partial charge in [0.25, 0.3) is 15.9 Å². The van der Waals surface area contributed by atoms with Gasteiger partial charge >= 0.3 is 6.03 Å². The van der Waals surface area contributed by atoms with E-state index in [1.54, 1.807) is 7.05 Å². The fraction of sp³-hybridized carbons (Fsp3) is 0.524. The van der Waals surface area contributed by atoms with Gasteiger partial charge in [0.05, 0.1) is 4.90 Å². The lowest BCUT2D eigenvalue weighted by molar-refractivity contribution is -0.136. The molecule has 2 heterocycles. The number of anilines is 1. The molecule has 4 rings (SSSR count). The number of amidine groups is 1. The van der Waals surface area contributed by atoms with Gasteiger partial charge in [-0.15, -0.1) is 4.40 Å². The summed E-state index contributed by atoms with van der Waals surface area (Å²) < 4.78 is 29.0. The molecule has 10 nitrogen and oxygen atoms in total. The Morgan fingerprint density at radius 3 is 2.41 bits per heavy atom. The van der Waals surface area contributed by atoms with Gasteiger partial charge in [0.1, 0.15) is 17.4 Å². The van der Waals surface area contributed by atoms with Crippen LogP contribution in [0.5, 0.6) is 0 Å². The van der Waals surface area contributed by atoms with Crippen molar-refractivity contribution in [1.29, 1.82) is 0 Å². The highest BCUT2D eigenvalue weighted by Crippen LogP contribution is 2.35. The van der Waals surface area contributed by atoms with Gasteiger partial charge in [0, 0.05) is 25.7 Å². The van der Waals surface area contributed by atoms with Crippen molar-refractivity contribution in [3.05, 3.63) is 24.3 Å². The minimum atomic E-state index is -3.85. The van der Waals surface area contributed by atoms with Crippen LogP contribution in [0.3, 0.4) is 0 Å². The van der Waals surface area contributed by atoms with Crippen LogP contribution in [0.25, 0.3) is 0 Å². The van der Waals surface area contributed by atoms with Crippen molar-refractivity contribution in [3.63, 3.8) is 0 Å².